The SMILES string of the molecule is CNC(=O)c1cnc(NC(=O)C2CC2)c2[nH]c(-c3cccc(-n4cnnc4)c3)cc12. The molecular formula is C21H19N7O2. The molecule has 0 radical (unpaired) electrons. The summed E-state index contributed by atoms with van der Waals surface area (Å²) < 4.78 is 1.81. The van der Waals surface area contributed by atoms with Gasteiger partial charge in [-0.3, -0.25) is 14.2 Å². The summed E-state index contributed by atoms with van der Waals surface area (Å²) in [5, 5.41) is 13.9. The van der Waals surface area contributed by atoms with Gasteiger partial charge in [-0.25, -0.2) is 4.98 Å². The van der Waals surface area contributed by atoms with Crippen molar-refractivity contribution in [2.75, 3.05) is 12.4 Å². The number of pyridine rings is 1. The Labute approximate surface area is 171 Å². The number of fused-ring (bicyclic) bond motifs is 1. The molecule has 1 aliphatic carbocycles. The van der Waals surface area contributed by atoms with Crippen LogP contribution in [0.15, 0.2) is 49.2 Å². The second-order valence-electron chi connectivity index (χ2n) is 7.25. The lowest BCUT2D eigenvalue weighted by Gasteiger charge is -2.07. The lowest BCUT2D eigenvalue weighted by molar-refractivity contribution is -0.117. The molecule has 0 atom stereocenters. The van der Waals surface area contributed by atoms with Crippen molar-refractivity contribution in [1.82, 2.24) is 30.0 Å². The zero-order valence-electron chi connectivity index (χ0n) is 16.2. The smallest absolute Gasteiger partial charge is 0.253 e. The van der Waals surface area contributed by atoms with Crippen LogP contribution in [0.2, 0.25) is 0 Å². The fourth-order valence-electron chi connectivity index (χ4n) is 3.42. The van der Waals surface area contributed by atoms with Gasteiger partial charge in [-0.15, -0.1) is 10.2 Å². The standard InChI is InChI=1S/C21H19N7O2/c1-22-21(30)16-9-23-19(27-20(29)12-5-6-12)18-15(16)8-17(26-18)13-3-2-4-14(7-13)28-10-24-25-11-28/h2-4,7-12,26H,5-6H2,1H3,(H,22,30)(H,23,27,29). The van der Waals surface area contributed by atoms with Crippen molar-refractivity contribution in [3.8, 4) is 16.9 Å². The number of nitrogens with zero attached hydrogens (tertiary/aromatic N) is 4. The average Bonchev–Trinajstić information content (AvgIpc) is 3.29. The zero-order valence-corrected chi connectivity index (χ0v) is 16.2. The molecule has 1 saturated carbocycles. The van der Waals surface area contributed by atoms with Crippen LogP contribution < -0.4 is 10.6 Å². The second kappa shape index (κ2) is 7.11. The molecule has 30 heavy (non-hydrogen) atoms. The zero-order chi connectivity index (χ0) is 20.7. The molecule has 0 bridgehead atoms. The highest BCUT2D eigenvalue weighted by Gasteiger charge is 2.30. The van der Waals surface area contributed by atoms with Crippen LogP contribution in [0.3, 0.4) is 0 Å². The number of aromatic amines is 1. The van der Waals surface area contributed by atoms with Crippen molar-refractivity contribution >= 4 is 28.5 Å². The van der Waals surface area contributed by atoms with Crippen LogP contribution in [-0.2, 0) is 4.79 Å². The Morgan fingerprint density at radius 3 is 2.70 bits per heavy atom. The summed E-state index contributed by atoms with van der Waals surface area (Å²) in [7, 11) is 1.58. The van der Waals surface area contributed by atoms with Crippen LogP contribution in [0.4, 0.5) is 5.82 Å². The summed E-state index contributed by atoms with van der Waals surface area (Å²) in [5.74, 6) is 0.199. The first-order valence-electron chi connectivity index (χ1n) is 9.64. The molecule has 3 aromatic heterocycles. The number of carbonyl (C=O) groups is 2. The van der Waals surface area contributed by atoms with Crippen LogP contribution in [0, 0.1) is 5.92 Å². The van der Waals surface area contributed by atoms with E-state index in [0.717, 1.165) is 29.8 Å². The van der Waals surface area contributed by atoms with E-state index < -0.39 is 0 Å². The van der Waals surface area contributed by atoms with Crippen LogP contribution in [0.25, 0.3) is 27.8 Å². The summed E-state index contributed by atoms with van der Waals surface area (Å²) in [6.07, 6.45) is 6.55. The predicted octanol–water partition coefficient (Wildman–Crippen LogP) is 2.52. The Balaban J connectivity index is 1.62. The van der Waals surface area contributed by atoms with Crippen LogP contribution in [0.1, 0.15) is 23.2 Å². The predicted molar refractivity (Wildman–Crippen MR) is 111 cm³/mol. The van der Waals surface area contributed by atoms with Crippen molar-refractivity contribution in [3.63, 3.8) is 0 Å². The van der Waals surface area contributed by atoms with Crippen LogP contribution in [0.5, 0.6) is 0 Å². The van der Waals surface area contributed by atoms with E-state index in [0.29, 0.717) is 22.3 Å². The van der Waals surface area contributed by atoms with Gasteiger partial charge in [-0.1, -0.05) is 12.1 Å². The van der Waals surface area contributed by atoms with Crippen molar-refractivity contribution in [2.24, 2.45) is 5.92 Å². The Morgan fingerprint density at radius 2 is 1.97 bits per heavy atom. The third-order valence-corrected chi connectivity index (χ3v) is 5.20. The first-order chi connectivity index (χ1) is 14.6. The maximum Gasteiger partial charge on any atom is 0.253 e. The third-order valence-electron chi connectivity index (χ3n) is 5.20. The monoisotopic (exact) mass is 401 g/mol. The van der Waals surface area contributed by atoms with E-state index in [4.69, 9.17) is 0 Å². The highest BCUT2D eigenvalue weighted by atomic mass is 16.2. The van der Waals surface area contributed by atoms with Gasteiger partial charge in [0, 0.05) is 41.5 Å². The molecule has 4 aromatic rings. The van der Waals surface area contributed by atoms with Gasteiger partial charge < -0.3 is 15.6 Å². The molecule has 0 aliphatic heterocycles. The lowest BCUT2D eigenvalue weighted by Crippen LogP contribution is -2.19. The molecule has 3 heterocycles. The molecule has 0 spiro atoms. The number of hydrogen-bond acceptors (Lipinski definition) is 5. The Hall–Kier alpha value is -4.01. The lowest BCUT2D eigenvalue weighted by atomic mass is 10.1. The van der Waals surface area contributed by atoms with E-state index in [1.54, 1.807) is 19.7 Å². The van der Waals surface area contributed by atoms with Gasteiger partial charge in [0.25, 0.3) is 5.91 Å². The maximum atomic E-state index is 12.4. The third kappa shape index (κ3) is 3.20. The molecular weight excluding hydrogens is 382 g/mol. The number of anilines is 1. The highest BCUT2D eigenvalue weighted by molar-refractivity contribution is 6.11. The number of H-pyrrole nitrogens is 1. The molecule has 0 unspecified atom stereocenters. The molecule has 1 aromatic carbocycles. The van der Waals surface area contributed by atoms with Gasteiger partial charge in [0.05, 0.1) is 11.1 Å². The first kappa shape index (κ1) is 18.0. The van der Waals surface area contributed by atoms with Crippen molar-refractivity contribution in [3.05, 3.63) is 54.7 Å². The number of nitrogens with one attached hydrogen (secondary N) is 3. The van der Waals surface area contributed by atoms with Gasteiger partial charge >= 0.3 is 0 Å². The number of amides is 2. The van der Waals surface area contributed by atoms with E-state index in [1.807, 2.05) is 34.9 Å². The summed E-state index contributed by atoms with van der Waals surface area (Å²) in [4.78, 5) is 32.3. The van der Waals surface area contributed by atoms with Gasteiger partial charge in [-0.2, -0.15) is 0 Å². The fourth-order valence-corrected chi connectivity index (χ4v) is 3.42. The molecule has 1 fully saturated rings. The Bertz CT molecular complexity index is 1260. The number of rotatable bonds is 5. The van der Waals surface area contributed by atoms with Crippen LogP contribution in [-0.4, -0.2) is 43.6 Å². The topological polar surface area (TPSA) is 118 Å². The largest absolute Gasteiger partial charge is 0.355 e. The van der Waals surface area contributed by atoms with Gasteiger partial charge in [0.1, 0.15) is 12.7 Å². The van der Waals surface area contributed by atoms with Crippen molar-refractivity contribution in [2.45, 2.75) is 12.8 Å². The van der Waals surface area contributed by atoms with E-state index in [2.05, 4.69) is 30.8 Å². The van der Waals surface area contributed by atoms with Gasteiger partial charge in [0.2, 0.25) is 5.91 Å². The maximum absolute atomic E-state index is 12.4. The summed E-state index contributed by atoms with van der Waals surface area (Å²) >= 11 is 0. The summed E-state index contributed by atoms with van der Waals surface area (Å²) in [5.41, 5.74) is 3.69. The number of aromatic nitrogens is 5. The molecule has 9 nitrogen and oxygen atoms in total. The molecule has 5 rings (SSSR count). The van der Waals surface area contributed by atoms with Crippen molar-refractivity contribution in [1.29, 1.82) is 0 Å². The van der Waals surface area contributed by atoms with Crippen LogP contribution >= 0.6 is 0 Å². The molecule has 3 N–H and O–H groups in total. The minimum Gasteiger partial charge on any atom is -0.355 e. The van der Waals surface area contributed by atoms with Gasteiger partial charge in [0.15, 0.2) is 5.82 Å². The van der Waals surface area contributed by atoms with E-state index >= 15 is 0 Å². The highest BCUT2D eigenvalue weighted by Crippen LogP contribution is 2.33. The first-order valence-corrected chi connectivity index (χ1v) is 9.64. The summed E-state index contributed by atoms with van der Waals surface area (Å²) in [6.45, 7) is 0. The summed E-state index contributed by atoms with van der Waals surface area (Å²) in [6, 6.07) is 9.75. The fraction of sp³-hybridized carbons (Fsp3) is 0.190. The molecule has 0 saturated heterocycles. The molecule has 9 heteroatoms. The minimum atomic E-state index is -0.239. The Morgan fingerprint density at radius 1 is 1.17 bits per heavy atom. The van der Waals surface area contributed by atoms with Crippen molar-refractivity contribution < 1.29 is 9.59 Å². The van der Waals surface area contributed by atoms with E-state index in [9.17, 15) is 9.59 Å². The van der Waals surface area contributed by atoms with E-state index in [1.165, 1.54) is 6.20 Å². The average molecular weight is 401 g/mol. The Kier molecular flexibility index (Phi) is 4.27. The molecule has 1 aliphatic rings. The number of hydrogen-bond donors (Lipinski definition) is 3. The normalized spacial score (nSPS) is 13.4. The molecule has 2 amide bonds. The minimum absolute atomic E-state index is 0.0396. The quantitative estimate of drug-likeness (QED) is 0.475. The van der Waals surface area contributed by atoms with Gasteiger partial charge in [-0.05, 0) is 31.0 Å². The molecule has 150 valence electrons. The van der Waals surface area contributed by atoms with E-state index in [-0.39, 0.29) is 17.7 Å². The second-order valence-corrected chi connectivity index (χ2v) is 7.25. The number of benzene rings is 1. The number of carbonyl (C=O) groups excluding carboxylic acids is 2.